The van der Waals surface area contributed by atoms with Crippen molar-refractivity contribution in [2.75, 3.05) is 17.9 Å². The number of anilines is 3. The van der Waals surface area contributed by atoms with E-state index in [1.807, 2.05) is 17.6 Å². The van der Waals surface area contributed by atoms with Gasteiger partial charge in [0, 0.05) is 5.69 Å². The number of ether oxygens (including phenoxy) is 1. The summed E-state index contributed by atoms with van der Waals surface area (Å²) in [4.78, 5) is 7.72. The first kappa shape index (κ1) is 12.4. The minimum absolute atomic E-state index is 0.0880. The van der Waals surface area contributed by atoms with E-state index in [4.69, 9.17) is 21.5 Å². The van der Waals surface area contributed by atoms with Crippen LogP contribution in [0.25, 0.3) is 0 Å². The van der Waals surface area contributed by atoms with Gasteiger partial charge in [-0.3, -0.25) is 10.7 Å². The molecular weight excluding hydrogens is 256 g/mol. The molecule has 2 rings (SSSR count). The summed E-state index contributed by atoms with van der Waals surface area (Å²) < 4.78 is 5.06. The Labute approximate surface area is 109 Å². The zero-order valence-corrected chi connectivity index (χ0v) is 10.3. The molecule has 1 aromatic heterocycles. The zero-order valence-electron chi connectivity index (χ0n) is 9.51. The molecule has 0 aliphatic rings. The average Bonchev–Trinajstić information content (AvgIpc) is 2.40. The molecule has 0 fully saturated rings. The maximum absolute atomic E-state index is 8.94. The number of hydrogen-bond acceptors (Lipinski definition) is 6. The highest BCUT2D eigenvalue weighted by Crippen LogP contribution is 2.24. The Morgan fingerprint density at radius 2 is 2.00 bits per heavy atom. The normalized spacial score (nSPS) is 9.94. The lowest BCUT2D eigenvalue weighted by molar-refractivity contribution is 0.388. The van der Waals surface area contributed by atoms with Gasteiger partial charge in [-0.05, 0) is 35.9 Å². The highest BCUT2D eigenvalue weighted by Gasteiger charge is 2.06. The van der Waals surface area contributed by atoms with Crippen LogP contribution in [0, 0.1) is 0 Å². The summed E-state index contributed by atoms with van der Waals surface area (Å²) in [5, 5.41) is 12.0. The van der Waals surface area contributed by atoms with Gasteiger partial charge in [0.2, 0.25) is 5.28 Å². The van der Waals surface area contributed by atoms with Gasteiger partial charge >= 0.3 is 0 Å². The first-order valence-electron chi connectivity index (χ1n) is 5.06. The van der Waals surface area contributed by atoms with E-state index in [1.54, 1.807) is 19.2 Å². The smallest absolute Gasteiger partial charge is 0.224 e. The average molecular weight is 267 g/mol. The minimum Gasteiger partial charge on any atom is -0.497 e. The summed E-state index contributed by atoms with van der Waals surface area (Å²) >= 11 is 5.70. The molecule has 18 heavy (non-hydrogen) atoms. The molecule has 3 N–H and O–H groups in total. The summed E-state index contributed by atoms with van der Waals surface area (Å²) in [6, 6.07) is 7.24. The maximum atomic E-state index is 8.94. The highest BCUT2D eigenvalue weighted by atomic mass is 35.5. The minimum atomic E-state index is 0.0880. The summed E-state index contributed by atoms with van der Waals surface area (Å²) in [6.45, 7) is 0. The van der Waals surface area contributed by atoms with Crippen molar-refractivity contribution in [2.24, 2.45) is 0 Å². The molecule has 0 unspecified atom stereocenters. The maximum Gasteiger partial charge on any atom is 0.224 e. The van der Waals surface area contributed by atoms with Crippen LogP contribution < -0.4 is 15.5 Å². The van der Waals surface area contributed by atoms with Gasteiger partial charge < -0.3 is 10.1 Å². The Morgan fingerprint density at radius 3 is 2.61 bits per heavy atom. The fraction of sp³-hybridized carbons (Fsp3) is 0.0909. The lowest BCUT2D eigenvalue weighted by Gasteiger charge is -2.10. The summed E-state index contributed by atoms with van der Waals surface area (Å²) in [6.07, 6.45) is 1.38. The van der Waals surface area contributed by atoms with Crippen molar-refractivity contribution in [3.05, 3.63) is 35.7 Å². The molecule has 6 nitrogen and oxygen atoms in total. The molecule has 0 saturated heterocycles. The SMILES string of the molecule is COc1ccc(Nc2nc(Cl)ncc2NO)cc1. The molecule has 0 bridgehead atoms. The van der Waals surface area contributed by atoms with Gasteiger partial charge in [0.1, 0.15) is 11.4 Å². The molecule has 0 saturated carbocycles. The Kier molecular flexibility index (Phi) is 3.81. The molecule has 1 heterocycles. The molecule has 7 heteroatoms. The Balaban J connectivity index is 2.24. The zero-order chi connectivity index (χ0) is 13.0. The number of methoxy groups -OCH3 is 1. The molecule has 0 aliphatic heterocycles. The number of rotatable bonds is 4. The monoisotopic (exact) mass is 266 g/mol. The van der Waals surface area contributed by atoms with E-state index in [2.05, 4.69) is 15.3 Å². The van der Waals surface area contributed by atoms with Crippen molar-refractivity contribution in [2.45, 2.75) is 0 Å². The highest BCUT2D eigenvalue weighted by molar-refractivity contribution is 6.28. The van der Waals surface area contributed by atoms with E-state index < -0.39 is 0 Å². The topological polar surface area (TPSA) is 79.3 Å². The van der Waals surface area contributed by atoms with E-state index in [0.29, 0.717) is 11.5 Å². The standard InChI is InChI=1S/C11H11ClN4O2/c1-18-8-4-2-7(3-5-8)14-10-9(16-17)6-13-11(12)15-10/h2-6,16-17H,1H3,(H,13,14,15). The van der Waals surface area contributed by atoms with Crippen molar-refractivity contribution in [1.82, 2.24) is 9.97 Å². The van der Waals surface area contributed by atoms with Crippen LogP contribution in [0.1, 0.15) is 0 Å². The fourth-order valence-electron chi connectivity index (χ4n) is 1.35. The lowest BCUT2D eigenvalue weighted by Crippen LogP contribution is -2.01. The summed E-state index contributed by atoms with van der Waals surface area (Å²) in [5.41, 5.74) is 3.10. The number of aromatic nitrogens is 2. The Bertz CT molecular complexity index is 533. The molecule has 0 atom stereocenters. The van der Waals surface area contributed by atoms with Crippen LogP contribution >= 0.6 is 11.6 Å². The third-order valence-electron chi connectivity index (χ3n) is 2.23. The predicted molar refractivity (Wildman–Crippen MR) is 68.7 cm³/mol. The first-order valence-corrected chi connectivity index (χ1v) is 5.44. The Morgan fingerprint density at radius 1 is 1.28 bits per heavy atom. The van der Waals surface area contributed by atoms with Crippen LogP contribution in [-0.4, -0.2) is 22.3 Å². The molecule has 2 aromatic rings. The number of hydrogen-bond donors (Lipinski definition) is 3. The summed E-state index contributed by atoms with van der Waals surface area (Å²) in [7, 11) is 1.60. The van der Waals surface area contributed by atoms with Crippen LogP contribution in [0.3, 0.4) is 0 Å². The Hall–Kier alpha value is -2.05. The van der Waals surface area contributed by atoms with Crippen LogP contribution in [0.5, 0.6) is 5.75 Å². The summed E-state index contributed by atoms with van der Waals surface area (Å²) in [5.74, 6) is 1.13. The van der Waals surface area contributed by atoms with Gasteiger partial charge in [-0.2, -0.15) is 4.98 Å². The van der Waals surface area contributed by atoms with Crippen molar-refractivity contribution in [3.8, 4) is 5.75 Å². The van der Waals surface area contributed by atoms with Crippen LogP contribution in [0.2, 0.25) is 5.28 Å². The number of nitrogens with one attached hydrogen (secondary N) is 2. The third kappa shape index (κ3) is 2.79. The van der Waals surface area contributed by atoms with Gasteiger partial charge in [0.05, 0.1) is 13.3 Å². The van der Waals surface area contributed by atoms with E-state index in [1.165, 1.54) is 6.20 Å². The van der Waals surface area contributed by atoms with E-state index in [0.717, 1.165) is 11.4 Å². The number of halogens is 1. The van der Waals surface area contributed by atoms with Crippen LogP contribution in [-0.2, 0) is 0 Å². The first-order chi connectivity index (χ1) is 8.72. The molecule has 0 amide bonds. The van der Waals surface area contributed by atoms with E-state index >= 15 is 0 Å². The van der Waals surface area contributed by atoms with Crippen LogP contribution in [0.4, 0.5) is 17.2 Å². The van der Waals surface area contributed by atoms with Crippen molar-refractivity contribution < 1.29 is 9.94 Å². The fourth-order valence-corrected chi connectivity index (χ4v) is 1.48. The molecule has 1 aromatic carbocycles. The van der Waals surface area contributed by atoms with E-state index in [-0.39, 0.29) is 5.28 Å². The lowest BCUT2D eigenvalue weighted by atomic mass is 10.3. The molecule has 0 aliphatic carbocycles. The molecular formula is C11H11ClN4O2. The van der Waals surface area contributed by atoms with Gasteiger partial charge in [0.15, 0.2) is 5.82 Å². The van der Waals surface area contributed by atoms with Gasteiger partial charge in [-0.25, -0.2) is 4.98 Å². The number of benzene rings is 1. The van der Waals surface area contributed by atoms with Crippen molar-refractivity contribution >= 4 is 28.8 Å². The molecule has 0 spiro atoms. The van der Waals surface area contributed by atoms with Crippen LogP contribution in [0.15, 0.2) is 30.5 Å². The predicted octanol–water partition coefficient (Wildman–Crippen LogP) is 2.68. The second-order valence-corrected chi connectivity index (χ2v) is 3.70. The van der Waals surface area contributed by atoms with Gasteiger partial charge in [0.25, 0.3) is 0 Å². The quantitative estimate of drug-likeness (QED) is 0.583. The van der Waals surface area contributed by atoms with Gasteiger partial charge in [-0.15, -0.1) is 0 Å². The van der Waals surface area contributed by atoms with E-state index in [9.17, 15) is 0 Å². The molecule has 0 radical (unpaired) electrons. The third-order valence-corrected chi connectivity index (χ3v) is 2.41. The van der Waals surface area contributed by atoms with Crippen molar-refractivity contribution in [3.63, 3.8) is 0 Å². The van der Waals surface area contributed by atoms with Crippen molar-refractivity contribution in [1.29, 1.82) is 0 Å². The number of nitrogens with zero attached hydrogens (tertiary/aromatic N) is 2. The molecule has 94 valence electrons. The van der Waals surface area contributed by atoms with Gasteiger partial charge in [-0.1, -0.05) is 0 Å². The second kappa shape index (κ2) is 5.52. The second-order valence-electron chi connectivity index (χ2n) is 3.37. The largest absolute Gasteiger partial charge is 0.497 e.